The second-order valence-corrected chi connectivity index (χ2v) is 9.87. The van der Waals surface area contributed by atoms with Gasteiger partial charge in [0.15, 0.2) is 0 Å². The van der Waals surface area contributed by atoms with Crippen LogP contribution < -0.4 is 15.5 Å². The van der Waals surface area contributed by atoms with Gasteiger partial charge in [0.25, 0.3) is 5.91 Å². The Hall–Kier alpha value is -3.10. The Kier molecular flexibility index (Phi) is 8.16. The van der Waals surface area contributed by atoms with Gasteiger partial charge in [0.1, 0.15) is 17.1 Å². The molecule has 0 radical (unpaired) electrons. The zero-order chi connectivity index (χ0) is 25.8. The Balaban J connectivity index is 1.64. The van der Waals surface area contributed by atoms with Gasteiger partial charge >= 0.3 is 0 Å². The third kappa shape index (κ3) is 5.65. The van der Waals surface area contributed by atoms with Gasteiger partial charge in [-0.15, -0.1) is 0 Å². The number of nitrogens with zero attached hydrogens (tertiary/aromatic N) is 3. The van der Waals surface area contributed by atoms with E-state index >= 15 is 0 Å². The predicted molar refractivity (Wildman–Crippen MR) is 145 cm³/mol. The highest BCUT2D eigenvalue weighted by atomic mass is 35.5. The minimum atomic E-state index is -0.489. The molecule has 0 unspecified atom stereocenters. The lowest BCUT2D eigenvalue weighted by atomic mass is 9.85. The number of anilines is 3. The number of carbonyl (C=O) groups is 2. The molecule has 2 N–H and O–H groups in total. The van der Waals surface area contributed by atoms with Gasteiger partial charge in [0, 0.05) is 48.4 Å². The van der Waals surface area contributed by atoms with Crippen LogP contribution in [-0.4, -0.2) is 54.9 Å². The van der Waals surface area contributed by atoms with Crippen molar-refractivity contribution in [3.8, 4) is 0 Å². The van der Waals surface area contributed by atoms with E-state index in [9.17, 15) is 9.59 Å². The Bertz CT molecular complexity index is 1210. The number of nitrogens with one attached hydrogen (secondary N) is 2. The maximum atomic E-state index is 13.3. The van der Waals surface area contributed by atoms with E-state index in [1.54, 1.807) is 12.1 Å². The van der Waals surface area contributed by atoms with Crippen molar-refractivity contribution in [2.75, 3.05) is 42.7 Å². The number of furan rings is 1. The van der Waals surface area contributed by atoms with Crippen LogP contribution in [0.2, 0.25) is 5.02 Å². The number of pyridine rings is 1. The van der Waals surface area contributed by atoms with Crippen molar-refractivity contribution in [2.24, 2.45) is 5.92 Å². The van der Waals surface area contributed by atoms with E-state index in [4.69, 9.17) is 16.0 Å². The molecule has 1 aliphatic carbocycles. The van der Waals surface area contributed by atoms with Gasteiger partial charge < -0.3 is 24.9 Å². The SMILES string of the molecule is CCN(CC)c1ccc2c(NC(=O)[C@H]3CC[C@H](N(C)C)CC3)c(C(=O)Nc3ccc(Cl)cn3)oc2c1. The molecule has 36 heavy (non-hydrogen) atoms. The van der Waals surface area contributed by atoms with Crippen molar-refractivity contribution >= 4 is 51.6 Å². The van der Waals surface area contributed by atoms with Crippen LogP contribution in [0.5, 0.6) is 0 Å². The molecule has 0 atom stereocenters. The molecule has 0 spiro atoms. The monoisotopic (exact) mass is 511 g/mol. The van der Waals surface area contributed by atoms with Crippen molar-refractivity contribution in [1.29, 1.82) is 0 Å². The number of benzene rings is 1. The number of hydrogen-bond donors (Lipinski definition) is 2. The van der Waals surface area contributed by atoms with Gasteiger partial charge in [-0.05, 0) is 77.9 Å². The smallest absolute Gasteiger partial charge is 0.294 e. The van der Waals surface area contributed by atoms with Crippen LogP contribution in [0.15, 0.2) is 40.9 Å². The van der Waals surface area contributed by atoms with Gasteiger partial charge in [0.05, 0.1) is 5.02 Å². The van der Waals surface area contributed by atoms with Crippen molar-refractivity contribution in [2.45, 2.75) is 45.6 Å². The third-order valence-corrected chi connectivity index (χ3v) is 7.25. The van der Waals surface area contributed by atoms with Crippen LogP contribution in [-0.2, 0) is 4.79 Å². The number of rotatable bonds is 8. The minimum Gasteiger partial charge on any atom is -0.449 e. The fourth-order valence-electron chi connectivity index (χ4n) is 4.86. The normalized spacial score (nSPS) is 17.8. The van der Waals surface area contributed by atoms with E-state index in [-0.39, 0.29) is 17.6 Å². The lowest BCUT2D eigenvalue weighted by Gasteiger charge is -2.31. The molecule has 4 rings (SSSR count). The summed E-state index contributed by atoms with van der Waals surface area (Å²) < 4.78 is 6.06. The van der Waals surface area contributed by atoms with E-state index < -0.39 is 5.91 Å². The molecule has 1 fully saturated rings. The zero-order valence-electron chi connectivity index (χ0n) is 21.3. The number of carbonyl (C=O) groups excluding carboxylic acids is 2. The second-order valence-electron chi connectivity index (χ2n) is 9.43. The number of fused-ring (bicyclic) bond motifs is 1. The number of hydrogen-bond acceptors (Lipinski definition) is 6. The van der Waals surface area contributed by atoms with Gasteiger partial charge in [-0.2, -0.15) is 0 Å². The highest BCUT2D eigenvalue weighted by Crippen LogP contribution is 2.36. The average Bonchev–Trinajstić information content (AvgIpc) is 3.24. The van der Waals surface area contributed by atoms with E-state index in [0.717, 1.165) is 44.5 Å². The van der Waals surface area contributed by atoms with Gasteiger partial charge in [-0.25, -0.2) is 4.98 Å². The van der Waals surface area contributed by atoms with E-state index in [0.29, 0.717) is 33.5 Å². The molecular formula is C27H34ClN5O3. The van der Waals surface area contributed by atoms with Crippen LogP contribution in [0.4, 0.5) is 17.2 Å². The summed E-state index contributed by atoms with van der Waals surface area (Å²) >= 11 is 5.92. The lowest BCUT2D eigenvalue weighted by molar-refractivity contribution is -0.121. The number of halogens is 1. The summed E-state index contributed by atoms with van der Waals surface area (Å²) in [6.45, 7) is 5.87. The first kappa shape index (κ1) is 26.0. The first-order valence-electron chi connectivity index (χ1n) is 12.5. The van der Waals surface area contributed by atoms with Crippen LogP contribution in [0, 0.1) is 5.92 Å². The standard InChI is InChI=1S/C27H34ClN5O3/c1-5-33(6-2)20-12-13-21-22(15-20)36-25(27(35)30-23-14-9-18(28)16-29-23)24(21)31-26(34)17-7-10-19(11-8-17)32(3)4/h9,12-17,19H,5-8,10-11H2,1-4H3,(H,31,34)(H,29,30,35)/t17-,19-. The molecule has 1 saturated carbocycles. The van der Waals surface area contributed by atoms with Crippen LogP contribution in [0.3, 0.4) is 0 Å². The first-order chi connectivity index (χ1) is 17.3. The molecule has 8 nitrogen and oxygen atoms in total. The molecule has 2 amide bonds. The molecule has 0 bridgehead atoms. The average molecular weight is 512 g/mol. The Morgan fingerprint density at radius 1 is 1.06 bits per heavy atom. The second kappa shape index (κ2) is 11.3. The van der Waals surface area contributed by atoms with E-state index in [2.05, 4.69) is 53.4 Å². The van der Waals surface area contributed by atoms with Gasteiger partial charge in [-0.3, -0.25) is 9.59 Å². The van der Waals surface area contributed by atoms with Crippen molar-refractivity contribution < 1.29 is 14.0 Å². The van der Waals surface area contributed by atoms with E-state index in [1.807, 2.05) is 18.2 Å². The fraction of sp³-hybridized carbons (Fsp3) is 0.444. The summed E-state index contributed by atoms with van der Waals surface area (Å²) in [5.41, 5.74) is 1.93. The summed E-state index contributed by atoms with van der Waals surface area (Å²) in [5, 5.41) is 6.95. The fourth-order valence-corrected chi connectivity index (χ4v) is 4.97. The van der Waals surface area contributed by atoms with Crippen LogP contribution >= 0.6 is 11.6 Å². The zero-order valence-corrected chi connectivity index (χ0v) is 22.1. The maximum absolute atomic E-state index is 13.3. The predicted octanol–water partition coefficient (Wildman–Crippen LogP) is 5.64. The van der Waals surface area contributed by atoms with Crippen molar-refractivity contribution in [3.63, 3.8) is 0 Å². The van der Waals surface area contributed by atoms with E-state index in [1.165, 1.54) is 6.20 Å². The molecule has 1 aromatic carbocycles. The summed E-state index contributed by atoms with van der Waals surface area (Å²) in [6.07, 6.45) is 5.03. The molecule has 9 heteroatoms. The maximum Gasteiger partial charge on any atom is 0.294 e. The molecule has 2 heterocycles. The molecule has 2 aromatic heterocycles. The van der Waals surface area contributed by atoms with Crippen molar-refractivity contribution in [1.82, 2.24) is 9.88 Å². The van der Waals surface area contributed by atoms with Gasteiger partial charge in [0.2, 0.25) is 11.7 Å². The Morgan fingerprint density at radius 2 is 1.78 bits per heavy atom. The molecule has 0 saturated heterocycles. The van der Waals surface area contributed by atoms with Gasteiger partial charge in [-0.1, -0.05) is 11.6 Å². The minimum absolute atomic E-state index is 0.0498. The topological polar surface area (TPSA) is 90.7 Å². The summed E-state index contributed by atoms with van der Waals surface area (Å²) in [6, 6.07) is 9.57. The molecule has 0 aliphatic heterocycles. The largest absolute Gasteiger partial charge is 0.449 e. The highest BCUT2D eigenvalue weighted by Gasteiger charge is 2.30. The van der Waals surface area contributed by atoms with Crippen LogP contribution in [0.1, 0.15) is 50.1 Å². The summed E-state index contributed by atoms with van der Waals surface area (Å²) in [7, 11) is 4.16. The molecular weight excluding hydrogens is 478 g/mol. The Labute approximate surface area is 217 Å². The first-order valence-corrected chi connectivity index (χ1v) is 12.9. The summed E-state index contributed by atoms with van der Waals surface area (Å²) in [5.74, 6) is -0.282. The highest BCUT2D eigenvalue weighted by molar-refractivity contribution is 6.30. The third-order valence-electron chi connectivity index (χ3n) is 7.02. The molecule has 3 aromatic rings. The van der Waals surface area contributed by atoms with Crippen molar-refractivity contribution in [3.05, 3.63) is 47.3 Å². The summed E-state index contributed by atoms with van der Waals surface area (Å²) in [4.78, 5) is 35.1. The number of aromatic nitrogens is 1. The molecule has 1 aliphatic rings. The van der Waals surface area contributed by atoms with Crippen LogP contribution in [0.25, 0.3) is 11.0 Å². The lowest BCUT2D eigenvalue weighted by Crippen LogP contribution is -2.35. The molecule has 192 valence electrons. The number of amides is 2. The quantitative estimate of drug-likeness (QED) is 0.407. The Morgan fingerprint density at radius 3 is 2.39 bits per heavy atom.